The average molecular weight is 463 g/mol. The second-order valence-electron chi connectivity index (χ2n) is 5.43. The largest absolute Gasteiger partial charge is 0.748 e. The first-order chi connectivity index (χ1) is 12.6. The number of hydrogen-bond acceptors (Lipinski definition) is 7. The van der Waals surface area contributed by atoms with Gasteiger partial charge >= 0.3 is 0 Å². The third-order valence-corrected chi connectivity index (χ3v) is 6.34. The number of benzene rings is 1. The van der Waals surface area contributed by atoms with E-state index >= 15 is 0 Å². The number of thiocarbonyl (C=S) groups is 1. The van der Waals surface area contributed by atoms with E-state index in [9.17, 15) is 17.8 Å². The fourth-order valence-corrected chi connectivity index (χ4v) is 4.25. The van der Waals surface area contributed by atoms with Crippen LogP contribution in [0.15, 0.2) is 39.7 Å². The smallest absolute Gasteiger partial charge is 0.266 e. The average Bonchev–Trinajstić information content (AvgIpc) is 3.13. The number of carbonyl (C=O) groups is 1. The molecular weight excluding hydrogens is 453 g/mol. The Hall–Kier alpha value is -1.36. The van der Waals surface area contributed by atoms with E-state index in [0.29, 0.717) is 21.6 Å². The Labute approximate surface area is 174 Å². The molecular formula is C16H10Cl2NO5S3-. The SMILES string of the molecule is O=C1/C(=C/c2ccc(-c3ccc(Cl)c(Cl)c3)o2)SC(=S)N1CCS(=O)(=O)[O-]. The molecule has 0 atom stereocenters. The molecule has 0 aliphatic carbocycles. The number of carbonyl (C=O) groups excluding carboxylic acids is 1. The number of hydrogen-bond donors (Lipinski definition) is 0. The molecule has 1 fully saturated rings. The first kappa shape index (κ1) is 20.4. The van der Waals surface area contributed by atoms with Crippen molar-refractivity contribution in [2.45, 2.75) is 0 Å². The second kappa shape index (κ2) is 7.94. The van der Waals surface area contributed by atoms with Crippen LogP contribution in [-0.2, 0) is 14.9 Å². The molecule has 0 saturated carbocycles. The fraction of sp³-hybridized carbons (Fsp3) is 0.125. The molecule has 6 nitrogen and oxygen atoms in total. The molecule has 2 heterocycles. The summed E-state index contributed by atoms with van der Waals surface area (Å²) >= 11 is 18.0. The number of rotatable bonds is 5. The quantitative estimate of drug-likeness (QED) is 0.376. The molecule has 11 heteroatoms. The fourth-order valence-electron chi connectivity index (χ4n) is 2.26. The minimum Gasteiger partial charge on any atom is -0.748 e. The molecule has 142 valence electrons. The summed E-state index contributed by atoms with van der Waals surface area (Å²) in [6, 6.07) is 8.45. The van der Waals surface area contributed by atoms with Crippen molar-refractivity contribution in [2.24, 2.45) is 0 Å². The van der Waals surface area contributed by atoms with Gasteiger partial charge in [-0.05, 0) is 30.3 Å². The lowest BCUT2D eigenvalue weighted by Gasteiger charge is -2.15. The predicted molar refractivity (Wildman–Crippen MR) is 109 cm³/mol. The van der Waals surface area contributed by atoms with E-state index in [1.807, 2.05) is 0 Å². The van der Waals surface area contributed by atoms with E-state index in [1.54, 1.807) is 30.3 Å². The van der Waals surface area contributed by atoms with Crippen LogP contribution in [-0.4, -0.2) is 40.4 Å². The Kier molecular flexibility index (Phi) is 5.99. The standard InChI is InChI=1S/C16H11Cl2NO5S3/c17-11-3-1-9(7-12(11)18)13-4-2-10(24-13)8-14-15(20)19(16(25)26-14)5-6-27(21,22)23/h1-4,7-8H,5-6H2,(H,21,22,23)/p-1/b14-8-. The van der Waals surface area contributed by atoms with E-state index < -0.39 is 21.8 Å². The van der Waals surface area contributed by atoms with E-state index in [2.05, 4.69) is 0 Å². The van der Waals surface area contributed by atoms with E-state index in [0.717, 1.165) is 22.2 Å². The maximum atomic E-state index is 12.4. The topological polar surface area (TPSA) is 90.7 Å². The lowest BCUT2D eigenvalue weighted by atomic mass is 10.2. The molecule has 0 unspecified atom stereocenters. The van der Waals surface area contributed by atoms with Crippen LogP contribution in [0.1, 0.15) is 5.76 Å². The van der Waals surface area contributed by atoms with Crippen molar-refractivity contribution in [3.63, 3.8) is 0 Å². The molecule has 0 bridgehead atoms. The van der Waals surface area contributed by atoms with Gasteiger partial charge in [0.1, 0.15) is 15.8 Å². The number of amides is 1. The first-order valence-corrected chi connectivity index (χ1v) is 10.9. The Morgan fingerprint density at radius 3 is 2.63 bits per heavy atom. The summed E-state index contributed by atoms with van der Waals surface area (Å²) in [4.78, 5) is 13.7. The number of nitrogens with zero attached hydrogens (tertiary/aromatic N) is 1. The summed E-state index contributed by atoms with van der Waals surface area (Å²) in [5.74, 6) is -0.225. The second-order valence-corrected chi connectivity index (χ2v) is 9.44. The van der Waals surface area contributed by atoms with Gasteiger partial charge in [0.25, 0.3) is 5.91 Å². The maximum Gasteiger partial charge on any atom is 0.266 e. The molecule has 3 rings (SSSR count). The van der Waals surface area contributed by atoms with Gasteiger partial charge in [0.15, 0.2) is 0 Å². The van der Waals surface area contributed by atoms with E-state index in [4.69, 9.17) is 39.8 Å². The zero-order chi connectivity index (χ0) is 19.8. The Morgan fingerprint density at radius 2 is 1.96 bits per heavy atom. The molecule has 1 amide bonds. The summed E-state index contributed by atoms with van der Waals surface area (Å²) in [5.41, 5.74) is 0.720. The molecule has 0 spiro atoms. The van der Waals surface area contributed by atoms with Crippen LogP contribution in [0.3, 0.4) is 0 Å². The third kappa shape index (κ3) is 4.92. The molecule has 1 aliphatic rings. The lowest BCUT2D eigenvalue weighted by molar-refractivity contribution is -0.121. The summed E-state index contributed by atoms with van der Waals surface area (Å²) < 4.78 is 38.2. The van der Waals surface area contributed by atoms with Crippen molar-refractivity contribution < 1.29 is 22.2 Å². The van der Waals surface area contributed by atoms with Crippen LogP contribution < -0.4 is 0 Å². The molecule has 1 saturated heterocycles. The van der Waals surface area contributed by atoms with Crippen LogP contribution in [0.5, 0.6) is 0 Å². The van der Waals surface area contributed by atoms with Gasteiger partial charge in [0.05, 0.1) is 30.8 Å². The molecule has 2 aromatic rings. The van der Waals surface area contributed by atoms with Crippen molar-refractivity contribution >= 4 is 73.6 Å². The third-order valence-electron chi connectivity index (χ3n) is 3.54. The highest BCUT2D eigenvalue weighted by molar-refractivity contribution is 8.26. The highest BCUT2D eigenvalue weighted by Crippen LogP contribution is 2.34. The highest BCUT2D eigenvalue weighted by Gasteiger charge is 2.32. The number of thioether (sulfide) groups is 1. The monoisotopic (exact) mass is 462 g/mol. The van der Waals surface area contributed by atoms with Gasteiger partial charge < -0.3 is 8.97 Å². The van der Waals surface area contributed by atoms with Crippen molar-refractivity contribution in [2.75, 3.05) is 12.3 Å². The van der Waals surface area contributed by atoms with Crippen molar-refractivity contribution in [3.8, 4) is 11.3 Å². The van der Waals surface area contributed by atoms with Crippen LogP contribution in [0.25, 0.3) is 17.4 Å². The van der Waals surface area contributed by atoms with Gasteiger partial charge in [-0.3, -0.25) is 9.69 Å². The van der Waals surface area contributed by atoms with Gasteiger partial charge in [-0.2, -0.15) is 0 Å². The minimum absolute atomic E-state index is 0.186. The molecule has 0 N–H and O–H groups in total. The summed E-state index contributed by atoms with van der Waals surface area (Å²) in [7, 11) is -4.44. The first-order valence-electron chi connectivity index (χ1n) is 7.38. The molecule has 1 aromatic carbocycles. The lowest BCUT2D eigenvalue weighted by Crippen LogP contribution is -2.32. The van der Waals surface area contributed by atoms with Crippen molar-refractivity contribution in [1.82, 2.24) is 4.90 Å². The number of furan rings is 1. The maximum absolute atomic E-state index is 12.4. The van der Waals surface area contributed by atoms with Crippen LogP contribution in [0, 0.1) is 0 Å². The number of halogens is 2. The Morgan fingerprint density at radius 1 is 1.22 bits per heavy atom. The van der Waals surface area contributed by atoms with Crippen LogP contribution in [0.2, 0.25) is 10.0 Å². The van der Waals surface area contributed by atoms with Crippen molar-refractivity contribution in [1.29, 1.82) is 0 Å². The van der Waals surface area contributed by atoms with Gasteiger partial charge in [0, 0.05) is 18.2 Å². The van der Waals surface area contributed by atoms with Gasteiger partial charge in [-0.1, -0.05) is 47.2 Å². The van der Waals surface area contributed by atoms with Crippen molar-refractivity contribution in [3.05, 3.63) is 51.0 Å². The zero-order valence-corrected chi connectivity index (χ0v) is 17.3. The van der Waals surface area contributed by atoms with E-state index in [-0.39, 0.29) is 15.8 Å². The normalized spacial score (nSPS) is 16.6. The Balaban J connectivity index is 1.79. The van der Waals surface area contributed by atoms with Gasteiger partial charge in [0.2, 0.25) is 0 Å². The molecule has 1 aliphatic heterocycles. The van der Waals surface area contributed by atoms with Crippen LogP contribution in [0.4, 0.5) is 0 Å². The molecule has 27 heavy (non-hydrogen) atoms. The van der Waals surface area contributed by atoms with Crippen LogP contribution >= 0.6 is 47.2 Å². The van der Waals surface area contributed by atoms with Gasteiger partial charge in [-0.25, -0.2) is 8.42 Å². The summed E-state index contributed by atoms with van der Waals surface area (Å²) in [5, 5.41) is 0.817. The molecule has 0 radical (unpaired) electrons. The zero-order valence-electron chi connectivity index (χ0n) is 13.3. The predicted octanol–water partition coefficient (Wildman–Crippen LogP) is 4.00. The van der Waals surface area contributed by atoms with E-state index in [1.165, 1.54) is 6.08 Å². The minimum atomic E-state index is -4.44. The summed E-state index contributed by atoms with van der Waals surface area (Å²) in [6.45, 7) is -0.277. The van der Waals surface area contributed by atoms with Gasteiger partial charge in [-0.15, -0.1) is 0 Å². The highest BCUT2D eigenvalue weighted by atomic mass is 35.5. The molecule has 1 aromatic heterocycles. The summed E-state index contributed by atoms with van der Waals surface area (Å²) in [6.07, 6.45) is 1.51. The Bertz CT molecular complexity index is 1060.